The Morgan fingerprint density at radius 2 is 1.33 bits per heavy atom. The minimum absolute atomic E-state index is 0.138. The predicted octanol–water partition coefficient (Wildman–Crippen LogP) is 5.37. The van der Waals surface area contributed by atoms with E-state index in [1.807, 2.05) is 14.0 Å². The molecule has 0 aromatic heterocycles. The molecule has 5 heteroatoms. The fourth-order valence-electron chi connectivity index (χ4n) is 3.72. The van der Waals surface area contributed by atoms with E-state index in [9.17, 15) is 10.0 Å². The molecule has 2 atom stereocenters. The Morgan fingerprint density at radius 3 is 1.78 bits per heavy atom. The molecule has 162 valence electrons. The summed E-state index contributed by atoms with van der Waals surface area (Å²) < 4.78 is 0.561. The number of quaternary nitrogens is 1. The molecule has 0 aliphatic rings. The van der Waals surface area contributed by atoms with Gasteiger partial charge < -0.3 is 14.8 Å². The molecule has 0 fully saturated rings. The molecule has 0 bridgehead atoms. The second kappa shape index (κ2) is 17.4. The van der Waals surface area contributed by atoms with Crippen molar-refractivity contribution in [1.29, 1.82) is 0 Å². The molecule has 2 unspecified atom stereocenters. The lowest BCUT2D eigenvalue weighted by Gasteiger charge is -2.32. The van der Waals surface area contributed by atoms with Crippen LogP contribution in [-0.2, 0) is 4.79 Å². The van der Waals surface area contributed by atoms with Gasteiger partial charge in [0.2, 0.25) is 0 Å². The molecule has 0 aliphatic carbocycles. The molecule has 0 rings (SSSR count). The molecule has 5 nitrogen and oxygen atoms in total. The van der Waals surface area contributed by atoms with Crippen molar-refractivity contribution in [2.75, 3.05) is 26.7 Å². The highest BCUT2D eigenvalue weighted by atomic mass is 16.5. The average Bonchev–Trinajstić information content (AvgIpc) is 2.64. The second-order valence-electron chi connectivity index (χ2n) is 8.50. The minimum atomic E-state index is -0.739. The topological polar surface area (TPSA) is 69.6 Å². The summed E-state index contributed by atoms with van der Waals surface area (Å²) in [5.41, 5.74) is 2.46. The van der Waals surface area contributed by atoms with Gasteiger partial charge >= 0.3 is 5.97 Å². The zero-order chi connectivity index (χ0) is 20.4. The van der Waals surface area contributed by atoms with E-state index in [0.29, 0.717) is 4.48 Å². The maximum Gasteiger partial charge on any atom is 0.359 e. The Bertz CT molecular complexity index is 352. The maximum absolute atomic E-state index is 11.0. The summed E-state index contributed by atoms with van der Waals surface area (Å²) in [6, 6.07) is 0.138. The van der Waals surface area contributed by atoms with E-state index < -0.39 is 5.97 Å². The van der Waals surface area contributed by atoms with Gasteiger partial charge in [-0.3, -0.25) is 0 Å². The number of unbranched alkanes of at least 4 members (excludes halogenated alkanes) is 10. The molecule has 0 heterocycles. The van der Waals surface area contributed by atoms with Gasteiger partial charge in [-0.1, -0.05) is 77.6 Å². The average molecular weight is 388 g/mol. The van der Waals surface area contributed by atoms with Crippen LogP contribution in [0.3, 0.4) is 0 Å². The number of likely N-dealkylation sites (N-methyl/N-ethyl adjacent to an activating group) is 1. The van der Waals surface area contributed by atoms with Crippen LogP contribution in [0.25, 0.3) is 0 Å². The van der Waals surface area contributed by atoms with Crippen molar-refractivity contribution in [3.63, 3.8) is 0 Å². The summed E-state index contributed by atoms with van der Waals surface area (Å²) in [4.78, 5) is 11.0. The first kappa shape index (κ1) is 26.4. The van der Waals surface area contributed by atoms with Gasteiger partial charge in [0.25, 0.3) is 0 Å². The molecule has 0 aromatic carbocycles. The SMILES string of the molecule is CCCCCCCCCCCCCC(CCC[N+](C)(CC)CC(=O)O)NO. The molecule has 27 heavy (non-hydrogen) atoms. The molecule has 0 saturated heterocycles. The highest BCUT2D eigenvalue weighted by Gasteiger charge is 2.23. The number of nitrogens with zero attached hydrogens (tertiary/aromatic N) is 1. The van der Waals surface area contributed by atoms with Gasteiger partial charge in [0.05, 0.1) is 20.1 Å². The minimum Gasteiger partial charge on any atom is -0.477 e. The predicted molar refractivity (Wildman–Crippen MR) is 113 cm³/mol. The number of aliphatic carboxylic acids is 1. The number of carbonyl (C=O) groups is 1. The van der Waals surface area contributed by atoms with Crippen LogP contribution in [0.2, 0.25) is 0 Å². The second-order valence-corrected chi connectivity index (χ2v) is 8.50. The van der Waals surface area contributed by atoms with Crippen LogP contribution >= 0.6 is 0 Å². The monoisotopic (exact) mass is 387 g/mol. The Morgan fingerprint density at radius 1 is 0.852 bits per heavy atom. The zero-order valence-corrected chi connectivity index (χ0v) is 18.3. The van der Waals surface area contributed by atoms with Gasteiger partial charge in [0.1, 0.15) is 0 Å². The largest absolute Gasteiger partial charge is 0.477 e. The van der Waals surface area contributed by atoms with Crippen molar-refractivity contribution >= 4 is 5.97 Å². The van der Waals surface area contributed by atoms with Crippen LogP contribution in [0.4, 0.5) is 0 Å². The first-order valence-electron chi connectivity index (χ1n) is 11.4. The smallest absolute Gasteiger partial charge is 0.359 e. The third kappa shape index (κ3) is 16.0. The van der Waals surface area contributed by atoms with Crippen LogP contribution in [0, 0.1) is 0 Å². The quantitative estimate of drug-likeness (QED) is 0.149. The number of hydrogen-bond acceptors (Lipinski definition) is 3. The number of carboxylic acid groups (broad SMARTS) is 1. The lowest BCUT2D eigenvalue weighted by molar-refractivity contribution is -0.901. The lowest BCUT2D eigenvalue weighted by atomic mass is 10.0. The molecular weight excluding hydrogens is 340 g/mol. The van der Waals surface area contributed by atoms with Crippen molar-refractivity contribution in [2.45, 2.75) is 110 Å². The number of nitrogens with one attached hydrogen (secondary N) is 1. The summed E-state index contributed by atoms with van der Waals surface area (Å²) in [6.45, 7) is 6.14. The third-order valence-corrected chi connectivity index (χ3v) is 5.87. The van der Waals surface area contributed by atoms with E-state index in [-0.39, 0.29) is 12.6 Å². The number of rotatable bonds is 20. The van der Waals surface area contributed by atoms with E-state index in [4.69, 9.17) is 5.11 Å². The highest BCUT2D eigenvalue weighted by Crippen LogP contribution is 2.14. The Hall–Kier alpha value is -0.650. The van der Waals surface area contributed by atoms with Crippen molar-refractivity contribution in [3.05, 3.63) is 0 Å². The normalized spacial score (nSPS) is 14.8. The van der Waals surface area contributed by atoms with E-state index in [2.05, 4.69) is 12.4 Å². The first-order chi connectivity index (χ1) is 13.0. The van der Waals surface area contributed by atoms with Gasteiger partial charge in [-0.25, -0.2) is 10.3 Å². The lowest BCUT2D eigenvalue weighted by Crippen LogP contribution is -2.48. The van der Waals surface area contributed by atoms with Crippen LogP contribution < -0.4 is 5.48 Å². The van der Waals surface area contributed by atoms with Gasteiger partial charge in [-0.2, -0.15) is 0 Å². The van der Waals surface area contributed by atoms with Crippen LogP contribution in [0.15, 0.2) is 0 Å². The Labute approximate surface area is 168 Å². The van der Waals surface area contributed by atoms with E-state index >= 15 is 0 Å². The number of hydrogen-bond donors (Lipinski definition) is 3. The van der Waals surface area contributed by atoms with E-state index in [1.165, 1.54) is 64.2 Å². The van der Waals surface area contributed by atoms with Crippen molar-refractivity contribution in [3.8, 4) is 0 Å². The van der Waals surface area contributed by atoms with Crippen LogP contribution in [0.1, 0.15) is 104 Å². The van der Waals surface area contributed by atoms with Gasteiger partial charge in [-0.05, 0) is 26.2 Å². The van der Waals surface area contributed by atoms with Crippen molar-refractivity contribution in [2.24, 2.45) is 0 Å². The number of hydroxylamine groups is 1. The highest BCUT2D eigenvalue weighted by molar-refractivity contribution is 5.67. The fourth-order valence-corrected chi connectivity index (χ4v) is 3.72. The summed E-state index contributed by atoms with van der Waals surface area (Å²) in [5, 5.41) is 18.4. The molecule has 0 radical (unpaired) electrons. The standard InChI is InChI=1S/C22H46N2O3/c1-4-6-7-8-9-10-11-12-13-14-15-17-21(23-27)18-16-19-24(3,5-2)20-22(25)26/h21,23,27H,4-20H2,1-3H3/p+1. The van der Waals surface area contributed by atoms with E-state index in [1.54, 1.807) is 0 Å². The van der Waals surface area contributed by atoms with Crippen molar-refractivity contribution < 1.29 is 19.6 Å². The summed E-state index contributed by atoms with van der Waals surface area (Å²) >= 11 is 0. The summed E-state index contributed by atoms with van der Waals surface area (Å²) in [5.74, 6) is -0.739. The van der Waals surface area contributed by atoms with E-state index in [0.717, 1.165) is 38.8 Å². The van der Waals surface area contributed by atoms with Gasteiger partial charge in [0.15, 0.2) is 6.54 Å². The Balaban J connectivity index is 3.65. The van der Waals surface area contributed by atoms with Gasteiger partial charge in [-0.15, -0.1) is 0 Å². The maximum atomic E-state index is 11.0. The van der Waals surface area contributed by atoms with Crippen LogP contribution in [-0.4, -0.2) is 53.5 Å². The molecule has 0 saturated carbocycles. The molecule has 0 aliphatic heterocycles. The third-order valence-electron chi connectivity index (χ3n) is 5.87. The van der Waals surface area contributed by atoms with Gasteiger partial charge in [0, 0.05) is 6.04 Å². The van der Waals surface area contributed by atoms with Crippen molar-refractivity contribution in [1.82, 2.24) is 5.48 Å². The fraction of sp³-hybridized carbons (Fsp3) is 0.955. The number of carboxylic acids is 1. The first-order valence-corrected chi connectivity index (χ1v) is 11.4. The summed E-state index contributed by atoms with van der Waals surface area (Å²) in [7, 11) is 2.00. The molecule has 0 aromatic rings. The van der Waals surface area contributed by atoms with Crippen LogP contribution in [0.5, 0.6) is 0 Å². The Kier molecular flexibility index (Phi) is 17.0. The molecular formula is C22H47N2O3+. The zero-order valence-electron chi connectivity index (χ0n) is 18.3. The molecule has 0 amide bonds. The molecule has 0 spiro atoms. The summed E-state index contributed by atoms with van der Waals surface area (Å²) in [6.07, 6.45) is 17.5. The molecule has 3 N–H and O–H groups in total.